The van der Waals surface area contributed by atoms with E-state index < -0.39 is 0 Å². The monoisotopic (exact) mass is 330 g/mol. The molecule has 0 radical (unpaired) electrons. The summed E-state index contributed by atoms with van der Waals surface area (Å²) >= 11 is 0. The predicted octanol–water partition coefficient (Wildman–Crippen LogP) is 0.259. The van der Waals surface area contributed by atoms with Gasteiger partial charge in [-0.15, -0.1) is 0 Å². The summed E-state index contributed by atoms with van der Waals surface area (Å²) in [6.45, 7) is 5.82. The molecule has 1 aliphatic heterocycles. The zero-order valence-corrected chi connectivity index (χ0v) is 14.0. The molecule has 0 unspecified atom stereocenters. The van der Waals surface area contributed by atoms with Crippen LogP contribution in [0.15, 0.2) is 18.5 Å². The van der Waals surface area contributed by atoms with Crippen molar-refractivity contribution < 1.29 is 9.59 Å². The van der Waals surface area contributed by atoms with Crippen molar-refractivity contribution in [1.29, 1.82) is 0 Å². The molecule has 0 aromatic carbocycles. The van der Waals surface area contributed by atoms with Gasteiger partial charge in [0.15, 0.2) is 5.82 Å². The van der Waals surface area contributed by atoms with Gasteiger partial charge in [-0.25, -0.2) is 9.50 Å². The molecule has 1 aliphatic rings. The lowest BCUT2D eigenvalue weighted by Gasteiger charge is -2.40. The third kappa shape index (κ3) is 3.47. The van der Waals surface area contributed by atoms with Crippen molar-refractivity contribution in [2.75, 3.05) is 24.5 Å². The molecule has 2 aromatic rings. The lowest BCUT2D eigenvalue weighted by Crippen LogP contribution is -2.59. The minimum atomic E-state index is -0.0881. The summed E-state index contributed by atoms with van der Waals surface area (Å²) in [6, 6.07) is 2.10. The van der Waals surface area contributed by atoms with E-state index >= 15 is 0 Å². The van der Waals surface area contributed by atoms with E-state index in [1.54, 1.807) is 6.20 Å². The average Bonchev–Trinajstić information content (AvgIpc) is 2.89. The normalized spacial score (nSPS) is 14.5. The van der Waals surface area contributed by atoms with Gasteiger partial charge in [-0.05, 0) is 19.9 Å². The van der Waals surface area contributed by atoms with Gasteiger partial charge in [-0.3, -0.25) is 9.59 Å². The number of nitrogens with one attached hydrogen (secondary N) is 2. The van der Waals surface area contributed by atoms with Gasteiger partial charge in [0.05, 0.1) is 11.7 Å². The van der Waals surface area contributed by atoms with Crippen molar-refractivity contribution in [3.63, 3.8) is 0 Å². The molecular weight excluding hydrogens is 308 g/mol. The van der Waals surface area contributed by atoms with Crippen molar-refractivity contribution in [3.8, 4) is 0 Å². The van der Waals surface area contributed by atoms with E-state index in [0.717, 1.165) is 17.0 Å². The largest absolute Gasteiger partial charge is 0.356 e. The molecule has 0 atom stereocenters. The van der Waals surface area contributed by atoms with Crippen LogP contribution in [0.1, 0.15) is 25.5 Å². The molecule has 0 bridgehead atoms. The topological polar surface area (TPSA) is 91.6 Å². The number of hydrogen-bond donors (Lipinski definition) is 2. The van der Waals surface area contributed by atoms with E-state index in [-0.39, 0.29) is 30.7 Å². The third-order valence-corrected chi connectivity index (χ3v) is 3.99. The highest BCUT2D eigenvalue weighted by atomic mass is 16.2. The molecule has 2 amide bonds. The molecule has 3 rings (SSSR count). The number of carbonyl (C=O) groups is 2. The highest BCUT2D eigenvalue weighted by molar-refractivity contribution is 5.84. The van der Waals surface area contributed by atoms with E-state index in [1.807, 2.05) is 30.6 Å². The summed E-state index contributed by atoms with van der Waals surface area (Å²) in [7, 11) is 0. The number of anilines is 1. The van der Waals surface area contributed by atoms with Crippen molar-refractivity contribution in [3.05, 3.63) is 24.2 Å². The average molecular weight is 330 g/mol. The van der Waals surface area contributed by atoms with Crippen molar-refractivity contribution in [1.82, 2.24) is 25.2 Å². The van der Waals surface area contributed by atoms with Crippen molar-refractivity contribution >= 4 is 23.1 Å². The van der Waals surface area contributed by atoms with Gasteiger partial charge >= 0.3 is 0 Å². The van der Waals surface area contributed by atoms with E-state index in [4.69, 9.17) is 0 Å². The van der Waals surface area contributed by atoms with Crippen LogP contribution in [0.2, 0.25) is 0 Å². The van der Waals surface area contributed by atoms with Gasteiger partial charge in [-0.2, -0.15) is 5.10 Å². The molecule has 0 aliphatic carbocycles. The van der Waals surface area contributed by atoms with Crippen LogP contribution < -0.4 is 15.5 Å². The van der Waals surface area contributed by atoms with Crippen LogP contribution in [-0.2, 0) is 9.59 Å². The number of hydrogen-bond acceptors (Lipinski definition) is 5. The Balaban J connectivity index is 1.50. The summed E-state index contributed by atoms with van der Waals surface area (Å²) in [4.78, 5) is 29.8. The molecule has 1 saturated heterocycles. The van der Waals surface area contributed by atoms with Gasteiger partial charge in [0.1, 0.15) is 5.52 Å². The molecule has 1 fully saturated rings. The van der Waals surface area contributed by atoms with Gasteiger partial charge in [0.25, 0.3) is 0 Å². The first kappa shape index (κ1) is 16.2. The van der Waals surface area contributed by atoms with Crippen molar-refractivity contribution in [2.24, 2.45) is 0 Å². The van der Waals surface area contributed by atoms with Crippen LogP contribution in [0, 0.1) is 6.92 Å². The van der Waals surface area contributed by atoms with Crippen LogP contribution in [0.4, 0.5) is 5.82 Å². The Bertz CT molecular complexity index is 750. The fraction of sp³-hybridized carbons (Fsp3) is 0.500. The summed E-state index contributed by atoms with van der Waals surface area (Å²) in [5, 5.41) is 10.0. The minimum Gasteiger partial charge on any atom is -0.356 e. The van der Waals surface area contributed by atoms with E-state index in [2.05, 4.69) is 25.6 Å². The Kier molecular flexibility index (Phi) is 4.64. The van der Waals surface area contributed by atoms with E-state index in [0.29, 0.717) is 19.6 Å². The summed E-state index contributed by atoms with van der Waals surface area (Å²) < 4.78 is 1.82. The van der Waals surface area contributed by atoms with Crippen LogP contribution in [-0.4, -0.2) is 52.1 Å². The lowest BCUT2D eigenvalue weighted by atomic mass is 10.1. The SMILES string of the molecule is CCNC(=O)CCC(=O)NC1CN(c2nccn3nc(C)cc23)C1. The number of aromatic nitrogens is 3. The zero-order chi connectivity index (χ0) is 17.1. The van der Waals surface area contributed by atoms with Crippen LogP contribution >= 0.6 is 0 Å². The first-order chi connectivity index (χ1) is 11.6. The Labute approximate surface area is 140 Å². The highest BCUT2D eigenvalue weighted by Crippen LogP contribution is 2.24. The Morgan fingerprint density at radius 2 is 2.04 bits per heavy atom. The minimum absolute atomic E-state index is 0.0859. The predicted molar refractivity (Wildman–Crippen MR) is 89.8 cm³/mol. The molecule has 24 heavy (non-hydrogen) atoms. The van der Waals surface area contributed by atoms with Gasteiger partial charge in [-0.1, -0.05) is 0 Å². The number of aryl methyl sites for hydroxylation is 1. The van der Waals surface area contributed by atoms with Gasteiger partial charge in [0, 0.05) is 44.9 Å². The number of rotatable bonds is 6. The number of fused-ring (bicyclic) bond motifs is 1. The lowest BCUT2D eigenvalue weighted by molar-refractivity contribution is -0.126. The Hall–Kier alpha value is -2.64. The summed E-state index contributed by atoms with van der Waals surface area (Å²) in [6.07, 6.45) is 4.00. The molecule has 8 heteroatoms. The fourth-order valence-corrected chi connectivity index (χ4v) is 2.83. The second-order valence-corrected chi connectivity index (χ2v) is 5.99. The second-order valence-electron chi connectivity index (χ2n) is 5.99. The quantitative estimate of drug-likeness (QED) is 0.793. The van der Waals surface area contributed by atoms with Crippen LogP contribution in [0.5, 0.6) is 0 Å². The standard InChI is InChI=1S/C16H22N6O2/c1-3-17-14(23)4-5-15(24)19-12-9-21(10-12)16-13-8-11(2)20-22(13)7-6-18-16/h6-8,12H,3-5,9-10H2,1-2H3,(H,17,23)(H,19,24). The van der Waals surface area contributed by atoms with E-state index in [9.17, 15) is 9.59 Å². The Morgan fingerprint density at radius 1 is 1.29 bits per heavy atom. The number of amides is 2. The molecular formula is C16H22N6O2. The molecule has 3 heterocycles. The number of nitrogens with zero attached hydrogens (tertiary/aromatic N) is 4. The van der Waals surface area contributed by atoms with Crippen LogP contribution in [0.25, 0.3) is 5.52 Å². The Morgan fingerprint density at radius 3 is 2.79 bits per heavy atom. The zero-order valence-electron chi connectivity index (χ0n) is 14.0. The maximum atomic E-state index is 11.9. The third-order valence-electron chi connectivity index (χ3n) is 3.99. The molecule has 0 spiro atoms. The first-order valence-electron chi connectivity index (χ1n) is 8.19. The maximum absolute atomic E-state index is 11.9. The fourth-order valence-electron chi connectivity index (χ4n) is 2.83. The summed E-state index contributed by atoms with van der Waals surface area (Å²) in [5.41, 5.74) is 1.91. The van der Waals surface area contributed by atoms with E-state index in [1.165, 1.54) is 0 Å². The van der Waals surface area contributed by atoms with Gasteiger partial charge in [0.2, 0.25) is 11.8 Å². The molecule has 8 nitrogen and oxygen atoms in total. The highest BCUT2D eigenvalue weighted by Gasteiger charge is 2.30. The summed E-state index contributed by atoms with van der Waals surface area (Å²) in [5.74, 6) is 0.707. The molecule has 2 N–H and O–H groups in total. The second kappa shape index (κ2) is 6.86. The van der Waals surface area contributed by atoms with Gasteiger partial charge < -0.3 is 15.5 Å². The molecule has 0 saturated carbocycles. The molecule has 128 valence electrons. The maximum Gasteiger partial charge on any atom is 0.220 e. The van der Waals surface area contributed by atoms with Crippen molar-refractivity contribution in [2.45, 2.75) is 32.7 Å². The van der Waals surface area contributed by atoms with Crippen LogP contribution in [0.3, 0.4) is 0 Å². The molecule has 2 aromatic heterocycles. The smallest absolute Gasteiger partial charge is 0.220 e. The number of carbonyl (C=O) groups excluding carboxylic acids is 2. The first-order valence-corrected chi connectivity index (χ1v) is 8.19.